The number of amides is 1. The van der Waals surface area contributed by atoms with Crippen LogP contribution in [0.4, 0.5) is 10.6 Å². The zero-order chi connectivity index (χ0) is 39.5. The molecule has 0 spiro atoms. The van der Waals surface area contributed by atoms with E-state index in [0.717, 1.165) is 38.9 Å². The molecule has 6 aromatic rings. The first-order valence-electron chi connectivity index (χ1n) is 18.8. The first-order valence-corrected chi connectivity index (χ1v) is 18.8. The SMILES string of the molecule is COc1ccc(C(OC[C@H]2O[C@@H](n3cc(C)c(NC(=O)OCC4c5ccccc5-c5ccccc54)nc3=O)C[C@@H]2O)(c2ccccc2)c2ccc(OC)cc2)cc1. The molecule has 2 aliphatic rings. The lowest BCUT2D eigenvalue weighted by Gasteiger charge is -2.37. The zero-order valence-corrected chi connectivity index (χ0v) is 31.8. The Labute approximate surface area is 330 Å². The fourth-order valence-electron chi connectivity index (χ4n) is 7.95. The standard InChI is InChI=1S/C46H43N3O8/c1-29-26-49(44(51)47-43(29)48-45(52)55-27-39-37-15-9-7-13-35(37)36-14-8-10-16-38(36)39)42-25-40(50)41(57-42)28-56-46(30-11-5-4-6-12-30,31-17-21-33(53-2)22-18-31)32-19-23-34(54-3)24-20-32/h4-24,26,39-42,50H,25,27-28H2,1-3H3,(H,47,48,51,52)/t40-,41+,42+/m0/s1. The maximum absolute atomic E-state index is 13.4. The third kappa shape index (κ3) is 7.28. The molecule has 290 valence electrons. The number of benzene rings is 5. The van der Waals surface area contributed by atoms with Gasteiger partial charge in [-0.25, -0.2) is 9.59 Å². The maximum atomic E-state index is 13.4. The molecule has 57 heavy (non-hydrogen) atoms. The van der Waals surface area contributed by atoms with Crippen molar-refractivity contribution in [3.63, 3.8) is 0 Å². The predicted molar refractivity (Wildman–Crippen MR) is 215 cm³/mol. The molecule has 1 fully saturated rings. The molecule has 0 unspecified atom stereocenters. The highest BCUT2D eigenvalue weighted by atomic mass is 16.6. The molecule has 2 N–H and O–H groups in total. The number of anilines is 1. The molecule has 0 radical (unpaired) electrons. The van der Waals surface area contributed by atoms with Crippen LogP contribution in [-0.2, 0) is 19.8 Å². The maximum Gasteiger partial charge on any atom is 0.412 e. The Balaban J connectivity index is 0.987. The highest BCUT2D eigenvalue weighted by Gasteiger charge is 2.42. The second kappa shape index (κ2) is 16.1. The van der Waals surface area contributed by atoms with Gasteiger partial charge in [-0.05, 0) is 70.1 Å². The van der Waals surface area contributed by atoms with Crippen LogP contribution < -0.4 is 20.5 Å². The molecular weight excluding hydrogens is 723 g/mol. The number of carbonyl (C=O) groups excluding carboxylic acids is 1. The summed E-state index contributed by atoms with van der Waals surface area (Å²) < 4.78 is 31.2. The second-order valence-corrected chi connectivity index (χ2v) is 14.2. The number of hydrogen-bond acceptors (Lipinski definition) is 9. The topological polar surface area (TPSA) is 130 Å². The summed E-state index contributed by atoms with van der Waals surface area (Å²) in [5.41, 5.74) is 5.71. The zero-order valence-electron chi connectivity index (χ0n) is 31.8. The number of hydrogen-bond donors (Lipinski definition) is 2. The van der Waals surface area contributed by atoms with Gasteiger partial charge in [-0.3, -0.25) is 9.88 Å². The van der Waals surface area contributed by atoms with E-state index in [1.54, 1.807) is 27.3 Å². The van der Waals surface area contributed by atoms with Crippen molar-refractivity contribution in [2.45, 2.75) is 43.3 Å². The number of methoxy groups -OCH3 is 2. The molecule has 2 heterocycles. The number of aliphatic hydroxyl groups is 1. The minimum atomic E-state index is -1.12. The van der Waals surface area contributed by atoms with Crippen molar-refractivity contribution in [3.8, 4) is 22.6 Å². The summed E-state index contributed by atoms with van der Waals surface area (Å²) in [6.45, 7) is 1.83. The summed E-state index contributed by atoms with van der Waals surface area (Å²) in [6.07, 6.45) is -1.61. The molecule has 11 nitrogen and oxygen atoms in total. The van der Waals surface area contributed by atoms with E-state index in [4.69, 9.17) is 23.7 Å². The average molecular weight is 766 g/mol. The smallest absolute Gasteiger partial charge is 0.412 e. The normalized spacial score (nSPS) is 17.4. The quantitative estimate of drug-likeness (QED) is 0.121. The molecule has 1 aromatic heterocycles. The van der Waals surface area contributed by atoms with Crippen LogP contribution in [-0.4, -0.2) is 60.4 Å². The Hall–Kier alpha value is -6.27. The van der Waals surface area contributed by atoms with Gasteiger partial charge in [0.2, 0.25) is 0 Å². The molecule has 8 rings (SSSR count). The molecule has 0 bridgehead atoms. The Morgan fingerprint density at radius 1 is 0.789 bits per heavy atom. The lowest BCUT2D eigenvalue weighted by atomic mass is 9.80. The fraction of sp³-hybridized carbons (Fsp3) is 0.239. The molecule has 3 atom stereocenters. The minimum absolute atomic E-state index is 0.0206. The molecular formula is C46H43N3O8. The number of aliphatic hydroxyl groups excluding tert-OH is 1. The van der Waals surface area contributed by atoms with E-state index in [9.17, 15) is 14.7 Å². The van der Waals surface area contributed by atoms with E-state index in [-0.39, 0.29) is 31.4 Å². The summed E-state index contributed by atoms with van der Waals surface area (Å²) in [5.74, 6) is 1.36. The molecule has 1 aliphatic heterocycles. The third-order valence-electron chi connectivity index (χ3n) is 10.9. The van der Waals surface area contributed by atoms with E-state index in [1.165, 1.54) is 4.57 Å². The lowest BCUT2D eigenvalue weighted by molar-refractivity contribution is -0.0944. The number of rotatable bonds is 12. The van der Waals surface area contributed by atoms with Crippen molar-refractivity contribution >= 4 is 11.9 Å². The minimum Gasteiger partial charge on any atom is -0.497 e. The number of fused-ring (bicyclic) bond motifs is 3. The van der Waals surface area contributed by atoms with Gasteiger partial charge in [0.1, 0.15) is 41.9 Å². The Morgan fingerprint density at radius 3 is 1.91 bits per heavy atom. The monoisotopic (exact) mass is 765 g/mol. The van der Waals surface area contributed by atoms with Crippen molar-refractivity contribution in [1.82, 2.24) is 9.55 Å². The molecule has 1 aliphatic carbocycles. The summed E-state index contributed by atoms with van der Waals surface area (Å²) in [6, 6.07) is 41.4. The van der Waals surface area contributed by atoms with Crippen molar-refractivity contribution in [2.75, 3.05) is 32.8 Å². The van der Waals surface area contributed by atoms with Gasteiger partial charge in [0, 0.05) is 24.1 Å². The van der Waals surface area contributed by atoms with Gasteiger partial charge in [0.05, 0.1) is 26.9 Å². The largest absolute Gasteiger partial charge is 0.497 e. The van der Waals surface area contributed by atoms with E-state index < -0.39 is 35.8 Å². The Kier molecular flexibility index (Phi) is 10.6. The van der Waals surface area contributed by atoms with Crippen LogP contribution in [0, 0.1) is 6.92 Å². The fourth-order valence-corrected chi connectivity index (χ4v) is 7.95. The average Bonchev–Trinajstić information content (AvgIpc) is 3.78. The van der Waals surface area contributed by atoms with Crippen LogP contribution in [0.25, 0.3) is 11.1 Å². The van der Waals surface area contributed by atoms with Crippen LogP contribution in [0.5, 0.6) is 11.5 Å². The first kappa shape index (κ1) is 37.6. The summed E-state index contributed by atoms with van der Waals surface area (Å²) in [4.78, 5) is 30.7. The van der Waals surface area contributed by atoms with E-state index in [2.05, 4.69) is 22.4 Å². The Bertz CT molecular complexity index is 2320. The van der Waals surface area contributed by atoms with Gasteiger partial charge >= 0.3 is 11.8 Å². The highest BCUT2D eigenvalue weighted by Crippen LogP contribution is 2.45. The number of carbonyl (C=O) groups is 1. The number of nitrogens with zero attached hydrogens (tertiary/aromatic N) is 2. The molecule has 11 heteroatoms. The second-order valence-electron chi connectivity index (χ2n) is 14.2. The van der Waals surface area contributed by atoms with Gasteiger partial charge in [0.15, 0.2) is 0 Å². The molecule has 1 saturated heterocycles. The Morgan fingerprint density at radius 2 is 1.33 bits per heavy atom. The van der Waals surface area contributed by atoms with Crippen LogP contribution in [0.15, 0.2) is 138 Å². The van der Waals surface area contributed by atoms with Gasteiger partial charge in [0.25, 0.3) is 0 Å². The van der Waals surface area contributed by atoms with Crippen molar-refractivity contribution in [2.24, 2.45) is 0 Å². The van der Waals surface area contributed by atoms with Gasteiger partial charge in [-0.15, -0.1) is 0 Å². The molecule has 0 saturated carbocycles. The van der Waals surface area contributed by atoms with Gasteiger partial charge < -0.3 is 28.8 Å². The number of aryl methyl sites for hydroxylation is 1. The predicted octanol–water partition coefficient (Wildman–Crippen LogP) is 7.59. The summed E-state index contributed by atoms with van der Waals surface area (Å²) in [7, 11) is 3.23. The molecule has 1 amide bonds. The van der Waals surface area contributed by atoms with E-state index in [1.807, 2.05) is 115 Å². The van der Waals surface area contributed by atoms with Gasteiger partial charge in [-0.1, -0.05) is 103 Å². The number of nitrogens with one attached hydrogen (secondary N) is 1. The van der Waals surface area contributed by atoms with Crippen LogP contribution >= 0.6 is 0 Å². The summed E-state index contributed by atoms with van der Waals surface area (Å²) >= 11 is 0. The van der Waals surface area contributed by atoms with Crippen LogP contribution in [0.2, 0.25) is 0 Å². The van der Waals surface area contributed by atoms with Crippen LogP contribution in [0.3, 0.4) is 0 Å². The summed E-state index contributed by atoms with van der Waals surface area (Å²) in [5, 5.41) is 14.0. The lowest BCUT2D eigenvalue weighted by Crippen LogP contribution is -2.38. The van der Waals surface area contributed by atoms with E-state index in [0.29, 0.717) is 17.1 Å². The third-order valence-corrected chi connectivity index (χ3v) is 10.9. The van der Waals surface area contributed by atoms with E-state index >= 15 is 0 Å². The van der Waals surface area contributed by atoms with Crippen molar-refractivity contribution in [1.29, 1.82) is 0 Å². The van der Waals surface area contributed by atoms with Crippen LogP contribution in [0.1, 0.15) is 51.9 Å². The first-order chi connectivity index (χ1) is 27.8. The number of aromatic nitrogens is 2. The van der Waals surface area contributed by atoms with Gasteiger partial charge in [-0.2, -0.15) is 4.98 Å². The highest BCUT2D eigenvalue weighted by molar-refractivity contribution is 5.84. The molecule has 5 aromatic carbocycles. The number of ether oxygens (including phenoxy) is 5. The van der Waals surface area contributed by atoms with Crippen molar-refractivity contribution in [3.05, 3.63) is 177 Å². The van der Waals surface area contributed by atoms with Crippen molar-refractivity contribution < 1.29 is 33.6 Å².